The maximum atomic E-state index is 11.4. The molecule has 1 aromatic carbocycles. The quantitative estimate of drug-likeness (QED) is 0.678. The Hall–Kier alpha value is -2.32. The topological polar surface area (TPSA) is 75.0 Å². The zero-order valence-electron chi connectivity index (χ0n) is 11.5. The number of benzene rings is 1. The lowest BCUT2D eigenvalue weighted by Crippen LogP contribution is -2.12. The average molecular weight is 304 g/mol. The monoisotopic (exact) mass is 303 g/mol. The van der Waals surface area contributed by atoms with Gasteiger partial charge in [0, 0.05) is 11.9 Å². The molecule has 0 bridgehead atoms. The van der Waals surface area contributed by atoms with Crippen molar-refractivity contribution in [2.75, 3.05) is 18.5 Å². The van der Waals surface area contributed by atoms with Crippen LogP contribution in [0.4, 0.5) is 5.69 Å². The SMILES string of the molecule is CCOC(=O)CCNc1c(C#N)c(Cl)nc2ccccc12. The number of fused-ring (bicyclic) bond motifs is 1. The Balaban J connectivity index is 2.29. The molecular formula is C15H14ClN3O2. The van der Waals surface area contributed by atoms with Crippen molar-refractivity contribution >= 4 is 34.2 Å². The fraction of sp³-hybridized carbons (Fsp3) is 0.267. The lowest BCUT2D eigenvalue weighted by Gasteiger charge is -2.12. The number of esters is 1. The van der Waals surface area contributed by atoms with Gasteiger partial charge in [-0.3, -0.25) is 4.79 Å². The van der Waals surface area contributed by atoms with Crippen molar-refractivity contribution in [3.05, 3.63) is 35.0 Å². The molecule has 0 fully saturated rings. The third-order valence-corrected chi connectivity index (χ3v) is 3.17. The largest absolute Gasteiger partial charge is 0.466 e. The van der Waals surface area contributed by atoms with E-state index in [9.17, 15) is 10.1 Å². The van der Waals surface area contributed by atoms with Gasteiger partial charge in [0.15, 0.2) is 0 Å². The van der Waals surface area contributed by atoms with E-state index < -0.39 is 0 Å². The number of rotatable bonds is 5. The Bertz CT molecular complexity index is 710. The summed E-state index contributed by atoms with van der Waals surface area (Å²) in [4.78, 5) is 15.5. The third kappa shape index (κ3) is 3.41. The molecule has 2 rings (SSSR count). The van der Waals surface area contributed by atoms with E-state index in [1.54, 1.807) is 6.92 Å². The predicted molar refractivity (Wildman–Crippen MR) is 81.2 cm³/mol. The molecule has 6 heteroatoms. The number of anilines is 1. The van der Waals surface area contributed by atoms with Gasteiger partial charge in [-0.15, -0.1) is 0 Å². The fourth-order valence-corrected chi connectivity index (χ4v) is 2.22. The number of aromatic nitrogens is 1. The summed E-state index contributed by atoms with van der Waals surface area (Å²) in [6.45, 7) is 2.47. The second kappa shape index (κ2) is 6.91. The van der Waals surface area contributed by atoms with Crippen molar-refractivity contribution in [3.8, 4) is 6.07 Å². The summed E-state index contributed by atoms with van der Waals surface area (Å²) in [7, 11) is 0. The van der Waals surface area contributed by atoms with E-state index in [0.29, 0.717) is 24.4 Å². The van der Waals surface area contributed by atoms with Gasteiger partial charge in [-0.2, -0.15) is 5.26 Å². The first kappa shape index (κ1) is 15.1. The van der Waals surface area contributed by atoms with Crippen molar-refractivity contribution in [1.82, 2.24) is 4.98 Å². The average Bonchev–Trinajstić information content (AvgIpc) is 2.47. The molecule has 5 nitrogen and oxygen atoms in total. The number of hydrogen-bond acceptors (Lipinski definition) is 5. The molecule has 0 saturated heterocycles. The van der Waals surface area contributed by atoms with Gasteiger partial charge >= 0.3 is 5.97 Å². The third-order valence-electron chi connectivity index (χ3n) is 2.90. The zero-order valence-corrected chi connectivity index (χ0v) is 12.3. The Kier molecular flexibility index (Phi) is 4.96. The molecule has 0 atom stereocenters. The lowest BCUT2D eigenvalue weighted by molar-refractivity contribution is -0.142. The first-order chi connectivity index (χ1) is 10.2. The van der Waals surface area contributed by atoms with Gasteiger partial charge in [0.1, 0.15) is 16.8 Å². The standard InChI is InChI=1S/C15H14ClN3O2/c1-2-21-13(20)7-8-18-14-10-5-3-4-6-12(10)19-15(16)11(14)9-17/h3-6H,2,7-8H2,1H3,(H,18,19). The van der Waals surface area contributed by atoms with Gasteiger partial charge in [0.2, 0.25) is 0 Å². The molecule has 0 aliphatic heterocycles. The van der Waals surface area contributed by atoms with E-state index in [1.807, 2.05) is 30.3 Å². The number of nitrogens with zero attached hydrogens (tertiary/aromatic N) is 2. The van der Waals surface area contributed by atoms with E-state index >= 15 is 0 Å². The van der Waals surface area contributed by atoms with Crippen LogP contribution in [0.2, 0.25) is 5.15 Å². The van der Waals surface area contributed by atoms with Gasteiger partial charge in [0.05, 0.1) is 24.2 Å². The number of halogens is 1. The van der Waals surface area contributed by atoms with Crippen LogP contribution in [0.3, 0.4) is 0 Å². The number of para-hydroxylation sites is 1. The number of carbonyl (C=O) groups excluding carboxylic acids is 1. The molecule has 0 spiro atoms. The molecule has 0 unspecified atom stereocenters. The van der Waals surface area contributed by atoms with Crippen molar-refractivity contribution < 1.29 is 9.53 Å². The van der Waals surface area contributed by atoms with E-state index in [2.05, 4.69) is 10.3 Å². The van der Waals surface area contributed by atoms with Crippen molar-refractivity contribution in [2.45, 2.75) is 13.3 Å². The van der Waals surface area contributed by atoms with E-state index in [1.165, 1.54) is 0 Å². The summed E-state index contributed by atoms with van der Waals surface area (Å²) in [5, 5.41) is 13.3. The summed E-state index contributed by atoms with van der Waals surface area (Å²) in [5.74, 6) is -0.284. The highest BCUT2D eigenvalue weighted by molar-refractivity contribution is 6.31. The van der Waals surface area contributed by atoms with Crippen molar-refractivity contribution in [1.29, 1.82) is 5.26 Å². The van der Waals surface area contributed by atoms with Gasteiger partial charge in [0.25, 0.3) is 0 Å². The minimum atomic E-state index is -0.284. The number of nitrogens with one attached hydrogen (secondary N) is 1. The second-order valence-corrected chi connectivity index (χ2v) is 4.62. The molecule has 1 aromatic heterocycles. The summed E-state index contributed by atoms with van der Waals surface area (Å²) in [6, 6.07) is 9.42. The Morgan fingerprint density at radius 3 is 2.95 bits per heavy atom. The summed E-state index contributed by atoms with van der Waals surface area (Å²) in [6.07, 6.45) is 0.215. The minimum absolute atomic E-state index is 0.148. The van der Waals surface area contributed by atoms with Crippen molar-refractivity contribution in [2.24, 2.45) is 0 Å². The molecule has 0 aliphatic carbocycles. The highest BCUT2D eigenvalue weighted by Gasteiger charge is 2.13. The number of ether oxygens (including phenoxy) is 1. The van der Waals surface area contributed by atoms with E-state index in [-0.39, 0.29) is 23.1 Å². The first-order valence-electron chi connectivity index (χ1n) is 6.55. The highest BCUT2D eigenvalue weighted by atomic mass is 35.5. The normalized spacial score (nSPS) is 10.1. The molecule has 21 heavy (non-hydrogen) atoms. The van der Waals surface area contributed by atoms with Gasteiger partial charge < -0.3 is 10.1 Å². The van der Waals surface area contributed by atoms with Crippen LogP contribution in [0.5, 0.6) is 0 Å². The molecule has 0 aliphatic rings. The summed E-state index contributed by atoms with van der Waals surface area (Å²) < 4.78 is 4.87. The number of pyridine rings is 1. The maximum absolute atomic E-state index is 11.4. The molecule has 0 saturated carbocycles. The summed E-state index contributed by atoms with van der Waals surface area (Å²) >= 11 is 6.03. The van der Waals surface area contributed by atoms with Crippen LogP contribution in [0.15, 0.2) is 24.3 Å². The predicted octanol–water partition coefficient (Wildman–Crippen LogP) is 3.12. The number of nitriles is 1. The molecule has 1 N–H and O–H groups in total. The van der Waals surface area contributed by atoms with Crippen LogP contribution < -0.4 is 5.32 Å². The smallest absolute Gasteiger partial charge is 0.307 e. The van der Waals surface area contributed by atoms with Gasteiger partial charge in [-0.25, -0.2) is 4.98 Å². The van der Waals surface area contributed by atoms with E-state index in [4.69, 9.17) is 16.3 Å². The van der Waals surface area contributed by atoms with Crippen LogP contribution >= 0.6 is 11.6 Å². The molecule has 1 heterocycles. The van der Waals surface area contributed by atoms with Crippen molar-refractivity contribution in [3.63, 3.8) is 0 Å². The van der Waals surface area contributed by atoms with Crippen LogP contribution in [-0.2, 0) is 9.53 Å². The Morgan fingerprint density at radius 2 is 2.24 bits per heavy atom. The maximum Gasteiger partial charge on any atom is 0.307 e. The molecular weight excluding hydrogens is 290 g/mol. The van der Waals surface area contributed by atoms with Crippen LogP contribution in [-0.4, -0.2) is 24.1 Å². The minimum Gasteiger partial charge on any atom is -0.466 e. The Labute approximate surface area is 127 Å². The van der Waals surface area contributed by atoms with Crippen LogP contribution in [0.25, 0.3) is 10.9 Å². The lowest BCUT2D eigenvalue weighted by atomic mass is 10.1. The molecule has 2 aromatic rings. The second-order valence-electron chi connectivity index (χ2n) is 4.26. The highest BCUT2D eigenvalue weighted by Crippen LogP contribution is 2.30. The zero-order chi connectivity index (χ0) is 15.2. The van der Waals surface area contributed by atoms with Crippen LogP contribution in [0.1, 0.15) is 18.9 Å². The number of hydrogen-bond donors (Lipinski definition) is 1. The number of carbonyl (C=O) groups is 1. The molecule has 0 radical (unpaired) electrons. The molecule has 0 amide bonds. The summed E-state index contributed by atoms with van der Waals surface area (Å²) in [5.41, 5.74) is 1.57. The van der Waals surface area contributed by atoms with Crippen LogP contribution in [0, 0.1) is 11.3 Å². The fourth-order valence-electron chi connectivity index (χ4n) is 1.99. The van der Waals surface area contributed by atoms with Gasteiger partial charge in [-0.1, -0.05) is 29.8 Å². The Morgan fingerprint density at radius 1 is 1.48 bits per heavy atom. The first-order valence-corrected chi connectivity index (χ1v) is 6.93. The van der Waals surface area contributed by atoms with Gasteiger partial charge in [-0.05, 0) is 13.0 Å². The molecule has 108 valence electrons. The van der Waals surface area contributed by atoms with E-state index in [0.717, 1.165) is 5.39 Å².